The van der Waals surface area contributed by atoms with Crippen molar-refractivity contribution in [3.05, 3.63) is 47.0 Å². The summed E-state index contributed by atoms with van der Waals surface area (Å²) in [5.74, 6) is -0.254. The smallest absolute Gasteiger partial charge is 0.340 e. The summed E-state index contributed by atoms with van der Waals surface area (Å²) in [7, 11) is 3.00. The standard InChI is InChI=1S/C17H17ClN2O5/c1-23-14-6-4-11(8-15(14)24-2)20-16(21)9-25-17(22)12-7-10(18)3-5-13(12)19/h3-8H,9,19H2,1-2H3,(H,20,21). The first-order chi connectivity index (χ1) is 11.9. The molecule has 0 saturated carbocycles. The number of amides is 1. The van der Waals surface area contributed by atoms with Crippen LogP contribution in [0.3, 0.4) is 0 Å². The van der Waals surface area contributed by atoms with Crippen LogP contribution in [-0.2, 0) is 9.53 Å². The van der Waals surface area contributed by atoms with Crippen molar-refractivity contribution in [3.63, 3.8) is 0 Å². The van der Waals surface area contributed by atoms with Crippen LogP contribution in [-0.4, -0.2) is 32.7 Å². The maximum atomic E-state index is 12.0. The predicted octanol–water partition coefficient (Wildman–Crippen LogP) is 2.73. The van der Waals surface area contributed by atoms with E-state index in [1.54, 1.807) is 24.3 Å². The number of hydrogen-bond acceptors (Lipinski definition) is 6. The van der Waals surface area contributed by atoms with Crippen LogP contribution in [0.15, 0.2) is 36.4 Å². The number of benzene rings is 2. The van der Waals surface area contributed by atoms with Gasteiger partial charge >= 0.3 is 5.97 Å². The molecule has 0 fully saturated rings. The first-order valence-electron chi connectivity index (χ1n) is 7.18. The molecule has 0 bridgehead atoms. The summed E-state index contributed by atoms with van der Waals surface area (Å²) in [6.45, 7) is -0.473. The van der Waals surface area contributed by atoms with Crippen LogP contribution in [0.4, 0.5) is 11.4 Å². The third kappa shape index (κ3) is 4.77. The van der Waals surface area contributed by atoms with E-state index >= 15 is 0 Å². The Kier molecular flexibility index (Phi) is 6.08. The van der Waals surface area contributed by atoms with Crippen LogP contribution in [0.2, 0.25) is 5.02 Å². The van der Waals surface area contributed by atoms with Crippen LogP contribution in [0.25, 0.3) is 0 Å². The molecule has 2 rings (SSSR count). The molecule has 0 aliphatic heterocycles. The first-order valence-corrected chi connectivity index (χ1v) is 7.56. The fourth-order valence-corrected chi connectivity index (χ4v) is 2.20. The van der Waals surface area contributed by atoms with Crippen LogP contribution in [0.5, 0.6) is 11.5 Å². The van der Waals surface area contributed by atoms with Crippen LogP contribution < -0.4 is 20.5 Å². The van der Waals surface area contributed by atoms with Crippen molar-refractivity contribution in [2.24, 2.45) is 0 Å². The number of nitrogen functional groups attached to an aromatic ring is 1. The fraction of sp³-hybridized carbons (Fsp3) is 0.176. The number of carbonyl (C=O) groups is 2. The van der Waals surface area contributed by atoms with E-state index in [2.05, 4.69) is 5.32 Å². The minimum Gasteiger partial charge on any atom is -0.493 e. The van der Waals surface area contributed by atoms with Gasteiger partial charge in [-0.15, -0.1) is 0 Å². The Bertz CT molecular complexity index is 795. The van der Waals surface area contributed by atoms with Gasteiger partial charge in [0.1, 0.15) is 0 Å². The van der Waals surface area contributed by atoms with E-state index in [-0.39, 0.29) is 11.3 Å². The molecule has 25 heavy (non-hydrogen) atoms. The molecule has 3 N–H and O–H groups in total. The molecule has 0 heterocycles. The van der Waals surface area contributed by atoms with Gasteiger partial charge in [0, 0.05) is 22.5 Å². The van der Waals surface area contributed by atoms with Gasteiger partial charge in [-0.1, -0.05) is 11.6 Å². The average Bonchev–Trinajstić information content (AvgIpc) is 2.61. The van der Waals surface area contributed by atoms with Gasteiger partial charge in [0.25, 0.3) is 5.91 Å². The molecule has 0 aromatic heterocycles. The number of anilines is 2. The number of hydrogen-bond donors (Lipinski definition) is 2. The Morgan fingerprint density at radius 3 is 2.48 bits per heavy atom. The lowest BCUT2D eigenvalue weighted by molar-refractivity contribution is -0.119. The van der Waals surface area contributed by atoms with Gasteiger partial charge in [-0.05, 0) is 30.3 Å². The first kappa shape index (κ1) is 18.4. The average molecular weight is 365 g/mol. The van der Waals surface area contributed by atoms with Crippen molar-refractivity contribution >= 4 is 34.9 Å². The number of ether oxygens (including phenoxy) is 3. The maximum absolute atomic E-state index is 12.0. The molecule has 0 aliphatic rings. The molecule has 0 saturated heterocycles. The monoisotopic (exact) mass is 364 g/mol. The van der Waals surface area contributed by atoms with Crippen LogP contribution in [0.1, 0.15) is 10.4 Å². The fourth-order valence-electron chi connectivity index (χ4n) is 2.03. The molecule has 7 nitrogen and oxygen atoms in total. The van der Waals surface area contributed by atoms with Crippen LogP contribution >= 0.6 is 11.6 Å². The van der Waals surface area contributed by atoms with Crippen molar-refractivity contribution in [2.75, 3.05) is 31.9 Å². The molecule has 8 heteroatoms. The van der Waals surface area contributed by atoms with Crippen molar-refractivity contribution in [3.8, 4) is 11.5 Å². The Morgan fingerprint density at radius 1 is 1.08 bits per heavy atom. The third-order valence-corrected chi connectivity index (χ3v) is 3.47. The lowest BCUT2D eigenvalue weighted by atomic mass is 10.2. The lowest BCUT2D eigenvalue weighted by Gasteiger charge is -2.11. The van der Waals surface area contributed by atoms with Crippen molar-refractivity contribution < 1.29 is 23.8 Å². The summed E-state index contributed by atoms with van der Waals surface area (Å²) >= 11 is 5.82. The third-order valence-electron chi connectivity index (χ3n) is 3.24. The number of nitrogens with two attached hydrogens (primary N) is 1. The molecule has 0 aliphatic carbocycles. The minimum atomic E-state index is -0.734. The van der Waals surface area contributed by atoms with E-state index in [4.69, 9.17) is 31.5 Å². The zero-order valence-electron chi connectivity index (χ0n) is 13.7. The SMILES string of the molecule is COc1ccc(NC(=O)COC(=O)c2cc(Cl)ccc2N)cc1OC. The molecule has 132 valence electrons. The van der Waals surface area contributed by atoms with Crippen LogP contribution in [0, 0.1) is 0 Å². The Hall–Kier alpha value is -2.93. The highest BCUT2D eigenvalue weighted by atomic mass is 35.5. The number of halogens is 1. The molecule has 2 aromatic carbocycles. The Labute approximate surface area is 149 Å². The van der Waals surface area contributed by atoms with Crippen molar-refractivity contribution in [1.82, 2.24) is 0 Å². The van der Waals surface area contributed by atoms with Gasteiger partial charge in [0.05, 0.1) is 19.8 Å². The van der Waals surface area contributed by atoms with E-state index in [0.717, 1.165) is 0 Å². The maximum Gasteiger partial charge on any atom is 0.340 e. The highest BCUT2D eigenvalue weighted by molar-refractivity contribution is 6.31. The Balaban J connectivity index is 1.96. The summed E-state index contributed by atoms with van der Waals surface area (Å²) in [5.41, 5.74) is 6.49. The Morgan fingerprint density at radius 2 is 1.80 bits per heavy atom. The molecule has 0 spiro atoms. The molecule has 2 aromatic rings. The topological polar surface area (TPSA) is 99.9 Å². The second kappa shape index (κ2) is 8.25. The zero-order chi connectivity index (χ0) is 18.4. The number of carbonyl (C=O) groups excluding carboxylic acids is 2. The van der Waals surface area contributed by atoms with Crippen molar-refractivity contribution in [2.45, 2.75) is 0 Å². The van der Waals surface area contributed by atoms with Gasteiger partial charge in [0.2, 0.25) is 0 Å². The molecular weight excluding hydrogens is 348 g/mol. The van der Waals surface area contributed by atoms with E-state index in [9.17, 15) is 9.59 Å². The van der Waals surface area contributed by atoms with Gasteiger partial charge in [-0.25, -0.2) is 4.79 Å². The van der Waals surface area contributed by atoms with Gasteiger partial charge in [0.15, 0.2) is 18.1 Å². The number of nitrogens with one attached hydrogen (secondary N) is 1. The van der Waals surface area contributed by atoms with E-state index < -0.39 is 18.5 Å². The summed E-state index contributed by atoms with van der Waals surface area (Å²) in [4.78, 5) is 23.9. The van der Waals surface area contributed by atoms with E-state index in [0.29, 0.717) is 22.2 Å². The molecular formula is C17H17ClN2O5. The van der Waals surface area contributed by atoms with Gasteiger partial charge < -0.3 is 25.3 Å². The molecule has 0 unspecified atom stereocenters. The molecule has 0 atom stereocenters. The second-order valence-electron chi connectivity index (χ2n) is 4.93. The van der Waals surface area contributed by atoms with E-state index in [1.165, 1.54) is 26.4 Å². The zero-order valence-corrected chi connectivity index (χ0v) is 14.4. The van der Waals surface area contributed by atoms with Crippen molar-refractivity contribution in [1.29, 1.82) is 0 Å². The minimum absolute atomic E-state index is 0.103. The number of esters is 1. The quantitative estimate of drug-likeness (QED) is 0.604. The number of methoxy groups -OCH3 is 2. The molecule has 1 amide bonds. The normalized spacial score (nSPS) is 10.0. The van der Waals surface area contributed by atoms with Gasteiger partial charge in [-0.2, -0.15) is 0 Å². The predicted molar refractivity (Wildman–Crippen MR) is 94.3 cm³/mol. The van der Waals surface area contributed by atoms with Gasteiger partial charge in [-0.3, -0.25) is 4.79 Å². The molecule has 0 radical (unpaired) electrons. The highest BCUT2D eigenvalue weighted by Gasteiger charge is 2.14. The largest absolute Gasteiger partial charge is 0.493 e. The second-order valence-corrected chi connectivity index (χ2v) is 5.36. The summed E-state index contributed by atoms with van der Waals surface area (Å²) in [6.07, 6.45) is 0. The summed E-state index contributed by atoms with van der Waals surface area (Å²) < 4.78 is 15.2. The van der Waals surface area contributed by atoms with E-state index in [1.807, 2.05) is 0 Å². The lowest BCUT2D eigenvalue weighted by Crippen LogP contribution is -2.21. The summed E-state index contributed by atoms with van der Waals surface area (Å²) in [5, 5.41) is 2.94. The summed E-state index contributed by atoms with van der Waals surface area (Å²) in [6, 6.07) is 9.29. The highest BCUT2D eigenvalue weighted by Crippen LogP contribution is 2.29. The number of rotatable bonds is 6.